The van der Waals surface area contributed by atoms with Crippen LogP contribution in [0.25, 0.3) is 0 Å². The summed E-state index contributed by atoms with van der Waals surface area (Å²) in [4.78, 5) is 15.1. The van der Waals surface area contributed by atoms with E-state index in [4.69, 9.17) is 4.74 Å². The van der Waals surface area contributed by atoms with Crippen molar-refractivity contribution in [3.63, 3.8) is 0 Å². The molecule has 0 atom stereocenters. The normalized spacial score (nSPS) is 25.4. The molecular formula is C17H23N3O2. The summed E-state index contributed by atoms with van der Waals surface area (Å²) in [6.45, 7) is 3.71. The molecule has 1 aromatic carbocycles. The third-order valence-corrected chi connectivity index (χ3v) is 5.34. The minimum atomic E-state index is -0.435. The summed E-state index contributed by atoms with van der Waals surface area (Å²) < 4.78 is 5.45. The number of rotatable bonds is 1. The molecule has 2 N–H and O–H groups in total. The summed E-state index contributed by atoms with van der Waals surface area (Å²) in [6.07, 6.45) is 3.97. The SMILES string of the molecule is O=C1Nc2ccccc2NC12CCN(C1CCOCC1)CC2. The molecule has 1 spiro atoms. The lowest BCUT2D eigenvalue weighted by atomic mass is 9.83. The van der Waals surface area contributed by atoms with Crippen LogP contribution in [0.3, 0.4) is 0 Å². The van der Waals surface area contributed by atoms with Crippen molar-refractivity contribution < 1.29 is 9.53 Å². The molecule has 0 aromatic heterocycles. The molecule has 1 amide bonds. The highest BCUT2D eigenvalue weighted by Crippen LogP contribution is 2.37. The zero-order chi connectivity index (χ0) is 15.0. The topological polar surface area (TPSA) is 53.6 Å². The predicted molar refractivity (Wildman–Crippen MR) is 86.1 cm³/mol. The Morgan fingerprint density at radius 3 is 2.50 bits per heavy atom. The summed E-state index contributed by atoms with van der Waals surface area (Å²) in [5, 5.41) is 6.60. The Morgan fingerprint density at radius 1 is 1.09 bits per heavy atom. The fraction of sp³-hybridized carbons (Fsp3) is 0.588. The van der Waals surface area contributed by atoms with E-state index in [2.05, 4.69) is 15.5 Å². The van der Waals surface area contributed by atoms with Gasteiger partial charge < -0.3 is 20.3 Å². The van der Waals surface area contributed by atoms with Crippen molar-refractivity contribution in [2.45, 2.75) is 37.3 Å². The lowest BCUT2D eigenvalue weighted by Crippen LogP contribution is -2.59. The Hall–Kier alpha value is -1.59. The van der Waals surface area contributed by atoms with Crippen LogP contribution in [0.15, 0.2) is 24.3 Å². The number of carbonyl (C=O) groups is 1. The van der Waals surface area contributed by atoms with Crippen LogP contribution in [0.1, 0.15) is 25.7 Å². The highest BCUT2D eigenvalue weighted by Gasteiger charge is 2.45. The van der Waals surface area contributed by atoms with Crippen LogP contribution in [-0.2, 0) is 9.53 Å². The van der Waals surface area contributed by atoms with Crippen molar-refractivity contribution in [3.05, 3.63) is 24.3 Å². The lowest BCUT2D eigenvalue weighted by Gasteiger charge is -2.46. The molecule has 0 aliphatic carbocycles. The summed E-state index contributed by atoms with van der Waals surface area (Å²) in [5.74, 6) is 0.123. The predicted octanol–water partition coefficient (Wildman–Crippen LogP) is 2.06. The number of piperidine rings is 1. The Morgan fingerprint density at radius 2 is 1.77 bits per heavy atom. The molecule has 5 nitrogen and oxygen atoms in total. The van der Waals surface area contributed by atoms with Crippen molar-refractivity contribution in [1.82, 2.24) is 4.90 Å². The molecule has 3 aliphatic heterocycles. The van der Waals surface area contributed by atoms with E-state index in [1.54, 1.807) is 0 Å². The molecule has 3 aliphatic rings. The number of amides is 1. The van der Waals surface area contributed by atoms with E-state index in [1.807, 2.05) is 24.3 Å². The van der Waals surface area contributed by atoms with Crippen LogP contribution in [0.2, 0.25) is 0 Å². The van der Waals surface area contributed by atoms with Crippen LogP contribution in [-0.4, -0.2) is 48.7 Å². The number of carbonyl (C=O) groups excluding carboxylic acids is 1. The van der Waals surface area contributed by atoms with Crippen molar-refractivity contribution in [2.75, 3.05) is 36.9 Å². The number of benzene rings is 1. The molecule has 1 aromatic rings. The molecule has 4 rings (SSSR count). The largest absolute Gasteiger partial charge is 0.381 e. The van der Waals surface area contributed by atoms with Crippen molar-refractivity contribution in [1.29, 1.82) is 0 Å². The van der Waals surface area contributed by atoms with Gasteiger partial charge in [0.05, 0.1) is 11.4 Å². The summed E-state index contributed by atoms with van der Waals surface area (Å²) in [7, 11) is 0. The van der Waals surface area contributed by atoms with Gasteiger partial charge in [0.1, 0.15) is 5.54 Å². The molecule has 0 bridgehead atoms. The first-order valence-electron chi connectivity index (χ1n) is 8.27. The number of fused-ring (bicyclic) bond motifs is 1. The Kier molecular flexibility index (Phi) is 3.54. The van der Waals surface area contributed by atoms with Crippen molar-refractivity contribution in [3.8, 4) is 0 Å². The zero-order valence-corrected chi connectivity index (χ0v) is 12.8. The van der Waals surface area contributed by atoms with E-state index in [0.29, 0.717) is 6.04 Å². The van der Waals surface area contributed by atoms with E-state index in [1.165, 1.54) is 0 Å². The maximum atomic E-state index is 12.6. The number of hydrogen-bond donors (Lipinski definition) is 2. The van der Waals surface area contributed by atoms with Crippen LogP contribution < -0.4 is 10.6 Å². The van der Waals surface area contributed by atoms with Gasteiger partial charge in [0.2, 0.25) is 5.91 Å². The second kappa shape index (κ2) is 5.56. The first-order chi connectivity index (χ1) is 10.8. The second-order valence-electron chi connectivity index (χ2n) is 6.59. The van der Waals surface area contributed by atoms with Gasteiger partial charge in [-0.25, -0.2) is 0 Å². The maximum Gasteiger partial charge on any atom is 0.250 e. The average molecular weight is 301 g/mol. The highest BCUT2D eigenvalue weighted by atomic mass is 16.5. The van der Waals surface area contributed by atoms with Gasteiger partial charge >= 0.3 is 0 Å². The van der Waals surface area contributed by atoms with E-state index >= 15 is 0 Å². The van der Waals surface area contributed by atoms with Crippen LogP contribution in [0.4, 0.5) is 11.4 Å². The second-order valence-corrected chi connectivity index (χ2v) is 6.59. The number of nitrogens with zero attached hydrogens (tertiary/aromatic N) is 1. The molecule has 2 fully saturated rings. The van der Waals surface area contributed by atoms with Gasteiger partial charge in [0.25, 0.3) is 0 Å². The van der Waals surface area contributed by atoms with Crippen molar-refractivity contribution >= 4 is 17.3 Å². The number of ether oxygens (including phenoxy) is 1. The standard InChI is InChI=1S/C17H23N3O2/c21-16-17(19-15-4-2-1-3-14(15)18-16)7-9-20(10-8-17)13-5-11-22-12-6-13/h1-4,13,19H,5-12H2,(H,18,21). The number of para-hydroxylation sites is 2. The number of hydrogen-bond acceptors (Lipinski definition) is 4. The van der Waals surface area contributed by atoms with Gasteiger partial charge in [-0.15, -0.1) is 0 Å². The molecular weight excluding hydrogens is 278 g/mol. The van der Waals surface area contributed by atoms with Crippen molar-refractivity contribution in [2.24, 2.45) is 0 Å². The number of nitrogens with one attached hydrogen (secondary N) is 2. The van der Waals surface area contributed by atoms with Gasteiger partial charge in [0, 0.05) is 32.3 Å². The summed E-state index contributed by atoms with van der Waals surface area (Å²) in [6, 6.07) is 8.58. The van der Waals surface area contributed by atoms with E-state index in [0.717, 1.165) is 63.4 Å². The van der Waals surface area contributed by atoms with E-state index in [-0.39, 0.29) is 5.91 Å². The number of anilines is 2. The van der Waals surface area contributed by atoms with Gasteiger partial charge in [-0.1, -0.05) is 12.1 Å². The molecule has 5 heteroatoms. The molecule has 0 radical (unpaired) electrons. The minimum Gasteiger partial charge on any atom is -0.381 e. The van der Waals surface area contributed by atoms with E-state index in [9.17, 15) is 4.79 Å². The molecule has 118 valence electrons. The smallest absolute Gasteiger partial charge is 0.250 e. The first-order valence-corrected chi connectivity index (χ1v) is 8.27. The van der Waals surface area contributed by atoms with Crippen LogP contribution in [0.5, 0.6) is 0 Å². The molecule has 3 heterocycles. The maximum absolute atomic E-state index is 12.6. The molecule has 0 unspecified atom stereocenters. The minimum absolute atomic E-state index is 0.123. The Balaban J connectivity index is 1.47. The molecule has 22 heavy (non-hydrogen) atoms. The van der Waals surface area contributed by atoms with Crippen LogP contribution >= 0.6 is 0 Å². The Labute approximate surface area is 131 Å². The average Bonchev–Trinajstić information content (AvgIpc) is 2.57. The lowest BCUT2D eigenvalue weighted by molar-refractivity contribution is -0.122. The first kappa shape index (κ1) is 14.0. The Bertz CT molecular complexity index is 561. The van der Waals surface area contributed by atoms with Gasteiger partial charge in [-0.05, 0) is 37.8 Å². The fourth-order valence-corrected chi connectivity index (χ4v) is 3.93. The van der Waals surface area contributed by atoms with Gasteiger partial charge in [-0.3, -0.25) is 4.79 Å². The van der Waals surface area contributed by atoms with Crippen LogP contribution in [0, 0.1) is 0 Å². The third kappa shape index (κ3) is 2.38. The quantitative estimate of drug-likeness (QED) is 0.834. The molecule has 0 saturated carbocycles. The monoisotopic (exact) mass is 301 g/mol. The van der Waals surface area contributed by atoms with Gasteiger partial charge in [-0.2, -0.15) is 0 Å². The number of likely N-dealkylation sites (tertiary alicyclic amines) is 1. The third-order valence-electron chi connectivity index (χ3n) is 5.34. The van der Waals surface area contributed by atoms with E-state index < -0.39 is 5.54 Å². The zero-order valence-electron chi connectivity index (χ0n) is 12.8. The summed E-state index contributed by atoms with van der Waals surface area (Å²) in [5.41, 5.74) is 1.50. The molecule has 2 saturated heterocycles. The van der Waals surface area contributed by atoms with Gasteiger partial charge in [0.15, 0.2) is 0 Å². The fourth-order valence-electron chi connectivity index (χ4n) is 3.93. The highest BCUT2D eigenvalue weighted by molar-refractivity contribution is 6.06. The summed E-state index contributed by atoms with van der Waals surface area (Å²) >= 11 is 0.